The van der Waals surface area contributed by atoms with Crippen LogP contribution in [0.1, 0.15) is 30.1 Å². The second-order valence-electron chi connectivity index (χ2n) is 6.09. The first-order valence-corrected chi connectivity index (χ1v) is 9.09. The van der Waals surface area contributed by atoms with Crippen LogP contribution in [0.3, 0.4) is 0 Å². The summed E-state index contributed by atoms with van der Waals surface area (Å²) in [7, 11) is -1.67. The van der Waals surface area contributed by atoms with Gasteiger partial charge >= 0.3 is 0 Å². The molecule has 9 heteroatoms. The van der Waals surface area contributed by atoms with E-state index in [0.29, 0.717) is 24.5 Å². The molecular weight excluding hydrogens is 318 g/mol. The van der Waals surface area contributed by atoms with Crippen molar-refractivity contribution in [1.29, 1.82) is 0 Å². The lowest BCUT2D eigenvalue weighted by atomic mass is 9.96. The molecule has 3 rings (SSSR count). The molecule has 0 N–H and O–H groups in total. The Labute approximate surface area is 135 Å². The highest BCUT2D eigenvalue weighted by molar-refractivity contribution is 7.89. The standard InChI is InChI=1S/C14H21N5O3S/c1-10-14(11(2)22-17-10)23(20,21)19-6-4-5-12(8-19)7-13-16-15-9-18(13)3/h9,12H,4-8H2,1-3H3. The Morgan fingerprint density at radius 2 is 2.17 bits per heavy atom. The Morgan fingerprint density at radius 3 is 2.78 bits per heavy atom. The van der Waals surface area contributed by atoms with E-state index in [4.69, 9.17) is 4.52 Å². The molecule has 0 bridgehead atoms. The molecular formula is C14H21N5O3S. The van der Waals surface area contributed by atoms with E-state index in [2.05, 4.69) is 15.4 Å². The van der Waals surface area contributed by atoms with Crippen molar-refractivity contribution >= 4 is 10.0 Å². The van der Waals surface area contributed by atoms with Crippen LogP contribution < -0.4 is 0 Å². The molecule has 8 nitrogen and oxygen atoms in total. The molecule has 0 saturated carbocycles. The lowest BCUT2D eigenvalue weighted by molar-refractivity contribution is 0.261. The van der Waals surface area contributed by atoms with Gasteiger partial charge in [-0.25, -0.2) is 8.42 Å². The van der Waals surface area contributed by atoms with Gasteiger partial charge in [-0.3, -0.25) is 0 Å². The van der Waals surface area contributed by atoms with Gasteiger partial charge in [-0.2, -0.15) is 4.31 Å². The summed E-state index contributed by atoms with van der Waals surface area (Å²) in [6.45, 7) is 4.30. The van der Waals surface area contributed by atoms with Gasteiger partial charge in [-0.15, -0.1) is 10.2 Å². The van der Waals surface area contributed by atoms with E-state index in [1.807, 2.05) is 11.6 Å². The smallest absolute Gasteiger partial charge is 0.248 e. The lowest BCUT2D eigenvalue weighted by Crippen LogP contribution is -2.41. The monoisotopic (exact) mass is 339 g/mol. The predicted octanol–water partition coefficient (Wildman–Crippen LogP) is 1.06. The first-order valence-electron chi connectivity index (χ1n) is 7.65. The van der Waals surface area contributed by atoms with Crippen LogP contribution in [0, 0.1) is 19.8 Å². The maximum absolute atomic E-state index is 12.9. The second-order valence-corrected chi connectivity index (χ2v) is 7.96. The Bertz CT molecular complexity index is 776. The molecule has 1 aliphatic heterocycles. The molecule has 0 amide bonds. The highest BCUT2D eigenvalue weighted by atomic mass is 32.2. The second kappa shape index (κ2) is 6.04. The molecule has 0 spiro atoms. The Kier molecular flexibility index (Phi) is 4.24. The fourth-order valence-electron chi connectivity index (χ4n) is 3.13. The minimum absolute atomic E-state index is 0.205. The molecule has 2 aromatic rings. The zero-order valence-corrected chi connectivity index (χ0v) is 14.4. The Morgan fingerprint density at radius 1 is 1.39 bits per heavy atom. The molecule has 2 aromatic heterocycles. The van der Waals surface area contributed by atoms with E-state index >= 15 is 0 Å². The fourth-order valence-corrected chi connectivity index (χ4v) is 4.98. The molecule has 0 aliphatic carbocycles. The quantitative estimate of drug-likeness (QED) is 0.827. The molecule has 126 valence electrons. The third-order valence-electron chi connectivity index (χ3n) is 4.32. The molecule has 1 aliphatic rings. The van der Waals surface area contributed by atoms with Crippen molar-refractivity contribution in [3.63, 3.8) is 0 Å². The van der Waals surface area contributed by atoms with E-state index < -0.39 is 10.0 Å². The largest absolute Gasteiger partial charge is 0.360 e. The van der Waals surface area contributed by atoms with Crippen molar-refractivity contribution in [1.82, 2.24) is 24.2 Å². The molecule has 23 heavy (non-hydrogen) atoms. The van der Waals surface area contributed by atoms with Crippen LogP contribution in [-0.4, -0.2) is 45.7 Å². The summed E-state index contributed by atoms with van der Waals surface area (Å²) < 4.78 is 34.2. The number of sulfonamides is 1. The van der Waals surface area contributed by atoms with Crippen molar-refractivity contribution in [2.24, 2.45) is 13.0 Å². The minimum Gasteiger partial charge on any atom is -0.360 e. The maximum atomic E-state index is 12.9. The summed E-state index contributed by atoms with van der Waals surface area (Å²) in [6, 6.07) is 0. The van der Waals surface area contributed by atoms with Gasteiger partial charge in [0, 0.05) is 26.6 Å². The molecule has 3 heterocycles. The van der Waals surface area contributed by atoms with Gasteiger partial charge in [-0.1, -0.05) is 5.16 Å². The summed E-state index contributed by atoms with van der Waals surface area (Å²) in [5.41, 5.74) is 0.415. The molecule has 0 aromatic carbocycles. The Hall–Kier alpha value is -1.74. The van der Waals surface area contributed by atoms with Crippen molar-refractivity contribution in [2.45, 2.75) is 38.0 Å². The minimum atomic E-state index is -3.57. The van der Waals surface area contributed by atoms with Crippen molar-refractivity contribution in [3.05, 3.63) is 23.6 Å². The summed E-state index contributed by atoms with van der Waals surface area (Å²) >= 11 is 0. The molecule has 1 saturated heterocycles. The van der Waals surface area contributed by atoms with Gasteiger partial charge in [0.15, 0.2) is 5.76 Å². The number of hydrogen-bond donors (Lipinski definition) is 0. The van der Waals surface area contributed by atoms with Crippen molar-refractivity contribution < 1.29 is 12.9 Å². The maximum Gasteiger partial charge on any atom is 0.248 e. The van der Waals surface area contributed by atoms with Gasteiger partial charge in [0.1, 0.15) is 22.7 Å². The number of aryl methyl sites for hydroxylation is 3. The van der Waals surface area contributed by atoms with Crippen LogP contribution in [0.5, 0.6) is 0 Å². The van der Waals surface area contributed by atoms with E-state index in [-0.39, 0.29) is 10.8 Å². The normalized spacial score (nSPS) is 20.0. The van der Waals surface area contributed by atoms with Gasteiger partial charge in [0.25, 0.3) is 0 Å². The SMILES string of the molecule is Cc1noc(C)c1S(=O)(=O)N1CCCC(Cc2nncn2C)C1. The first kappa shape index (κ1) is 16.1. The van der Waals surface area contributed by atoms with E-state index in [1.165, 1.54) is 0 Å². The van der Waals surface area contributed by atoms with E-state index in [9.17, 15) is 8.42 Å². The van der Waals surface area contributed by atoms with Crippen molar-refractivity contribution in [3.8, 4) is 0 Å². The topological polar surface area (TPSA) is 94.1 Å². The van der Waals surface area contributed by atoms with Crippen molar-refractivity contribution in [2.75, 3.05) is 13.1 Å². The van der Waals surface area contributed by atoms with Gasteiger partial charge in [-0.05, 0) is 32.6 Å². The molecule has 0 radical (unpaired) electrons. The first-order chi connectivity index (χ1) is 10.9. The van der Waals surface area contributed by atoms with Crippen LogP contribution >= 0.6 is 0 Å². The highest BCUT2D eigenvalue weighted by Crippen LogP contribution is 2.28. The summed E-state index contributed by atoms with van der Waals surface area (Å²) in [6.07, 6.45) is 4.21. The number of aromatic nitrogens is 4. The Balaban J connectivity index is 1.79. The van der Waals surface area contributed by atoms with E-state index in [1.54, 1.807) is 24.5 Å². The average molecular weight is 339 g/mol. The third kappa shape index (κ3) is 3.02. The third-order valence-corrected chi connectivity index (χ3v) is 6.43. The zero-order valence-electron chi connectivity index (χ0n) is 13.6. The number of hydrogen-bond acceptors (Lipinski definition) is 6. The van der Waals surface area contributed by atoms with Crippen LogP contribution in [-0.2, 0) is 23.5 Å². The van der Waals surface area contributed by atoms with Crippen LogP contribution in [0.4, 0.5) is 0 Å². The van der Waals surface area contributed by atoms with E-state index in [0.717, 1.165) is 25.1 Å². The van der Waals surface area contributed by atoms with Gasteiger partial charge in [0.2, 0.25) is 10.0 Å². The fraction of sp³-hybridized carbons (Fsp3) is 0.643. The zero-order chi connectivity index (χ0) is 16.6. The number of nitrogens with zero attached hydrogens (tertiary/aromatic N) is 5. The average Bonchev–Trinajstić information content (AvgIpc) is 3.06. The molecule has 1 atom stereocenters. The van der Waals surface area contributed by atoms with Gasteiger partial charge < -0.3 is 9.09 Å². The van der Waals surface area contributed by atoms with Gasteiger partial charge in [0.05, 0.1) is 0 Å². The lowest BCUT2D eigenvalue weighted by Gasteiger charge is -2.31. The number of piperidine rings is 1. The highest BCUT2D eigenvalue weighted by Gasteiger charge is 2.34. The molecule has 1 fully saturated rings. The van der Waals surface area contributed by atoms with Crippen LogP contribution in [0.15, 0.2) is 15.7 Å². The number of rotatable bonds is 4. The van der Waals surface area contributed by atoms with Crippen LogP contribution in [0.25, 0.3) is 0 Å². The predicted molar refractivity (Wildman–Crippen MR) is 82.2 cm³/mol. The summed E-state index contributed by atoms with van der Waals surface area (Å²) in [5.74, 6) is 1.46. The van der Waals surface area contributed by atoms with Crippen LogP contribution in [0.2, 0.25) is 0 Å². The summed E-state index contributed by atoms with van der Waals surface area (Å²) in [4.78, 5) is 0.205. The summed E-state index contributed by atoms with van der Waals surface area (Å²) in [5, 5.41) is 11.7. The molecule has 1 unspecified atom stereocenters.